The van der Waals surface area contributed by atoms with Gasteiger partial charge in [0.15, 0.2) is 15.8 Å². The van der Waals surface area contributed by atoms with Crippen LogP contribution in [0, 0.1) is 0 Å². The Balaban J connectivity index is 2.68. The van der Waals surface area contributed by atoms with Crippen molar-refractivity contribution in [3.63, 3.8) is 0 Å². The second-order valence-corrected chi connectivity index (χ2v) is 4.56. The van der Waals surface area contributed by atoms with Gasteiger partial charge in [-0.2, -0.15) is 0 Å². The Bertz CT molecular complexity index is 277. The summed E-state index contributed by atoms with van der Waals surface area (Å²) in [5.74, 6) is 0.572. The number of aliphatic hydroxyl groups excluding tert-OH is 1. The normalized spacial score (nSPS) is 10.2. The highest BCUT2D eigenvalue weighted by atomic mass is 35.5. The van der Waals surface area contributed by atoms with Crippen molar-refractivity contribution in [2.75, 3.05) is 12.4 Å². The molecule has 0 radical (unpaired) electrons. The van der Waals surface area contributed by atoms with Gasteiger partial charge in [0.05, 0.1) is 6.61 Å². The molecule has 0 aliphatic rings. The lowest BCUT2D eigenvalue weighted by atomic mass is 10.6. The summed E-state index contributed by atoms with van der Waals surface area (Å²) in [5, 5.41) is 8.76. The minimum Gasteiger partial charge on any atom is -0.396 e. The third-order valence-electron chi connectivity index (χ3n) is 1.01. The molecule has 12 heavy (non-hydrogen) atoms. The molecule has 0 atom stereocenters. The predicted molar refractivity (Wildman–Crippen MR) is 50.3 cm³/mol. The van der Waals surface area contributed by atoms with Gasteiger partial charge in [0.25, 0.3) is 0 Å². The van der Waals surface area contributed by atoms with Gasteiger partial charge in [-0.15, -0.1) is 11.3 Å². The highest BCUT2D eigenvalue weighted by molar-refractivity contribution is 8.01. The molecule has 1 aromatic rings. The molecule has 0 amide bonds. The van der Waals surface area contributed by atoms with E-state index in [-0.39, 0.29) is 11.8 Å². The lowest BCUT2D eigenvalue weighted by Gasteiger charge is -1.89. The van der Waals surface area contributed by atoms with E-state index in [1.807, 2.05) is 0 Å². The summed E-state index contributed by atoms with van der Waals surface area (Å²) >= 11 is 8.24. The lowest BCUT2D eigenvalue weighted by molar-refractivity contribution is 0.112. The number of nitrogens with zero attached hydrogens (tertiary/aromatic N) is 1. The molecule has 0 aromatic carbocycles. The molecule has 0 saturated heterocycles. The van der Waals surface area contributed by atoms with Crippen LogP contribution in [0.4, 0.5) is 0 Å². The van der Waals surface area contributed by atoms with Gasteiger partial charge in [-0.3, -0.25) is 4.79 Å². The van der Waals surface area contributed by atoms with Crippen molar-refractivity contribution < 1.29 is 9.90 Å². The molecule has 0 bridgehead atoms. The van der Waals surface area contributed by atoms with Crippen molar-refractivity contribution in [2.24, 2.45) is 0 Å². The molecule has 0 fully saturated rings. The number of thiazole rings is 1. The number of carbonyl (C=O) groups is 1. The number of aldehydes is 1. The van der Waals surface area contributed by atoms with E-state index in [1.54, 1.807) is 0 Å². The zero-order valence-corrected chi connectivity index (χ0v) is 8.38. The standard InChI is InChI=1S/C6H6ClNO2S2/c7-5-4(3-10)12-6(8-5)11-2-1-9/h3,9H,1-2H2. The van der Waals surface area contributed by atoms with Crippen LogP contribution in [0.15, 0.2) is 4.34 Å². The summed E-state index contributed by atoms with van der Waals surface area (Å²) in [6.45, 7) is 0.0955. The third kappa shape index (κ3) is 2.45. The Kier molecular flexibility index (Phi) is 4.00. The van der Waals surface area contributed by atoms with Gasteiger partial charge in [0.1, 0.15) is 4.88 Å². The molecule has 0 aliphatic carbocycles. The van der Waals surface area contributed by atoms with Crippen LogP contribution in [0.2, 0.25) is 5.15 Å². The average Bonchev–Trinajstić information content (AvgIpc) is 2.43. The van der Waals surface area contributed by atoms with Crippen LogP contribution in [-0.4, -0.2) is 28.7 Å². The number of carbonyl (C=O) groups excluding carboxylic acids is 1. The number of thioether (sulfide) groups is 1. The molecule has 1 N–H and O–H groups in total. The minimum atomic E-state index is 0.0955. The minimum absolute atomic E-state index is 0.0955. The zero-order valence-electron chi connectivity index (χ0n) is 5.99. The van der Waals surface area contributed by atoms with E-state index in [1.165, 1.54) is 23.1 Å². The Morgan fingerprint density at radius 3 is 3.00 bits per heavy atom. The van der Waals surface area contributed by atoms with Gasteiger partial charge >= 0.3 is 0 Å². The Morgan fingerprint density at radius 1 is 1.75 bits per heavy atom. The van der Waals surface area contributed by atoms with E-state index < -0.39 is 0 Å². The first-order chi connectivity index (χ1) is 5.77. The van der Waals surface area contributed by atoms with E-state index in [0.29, 0.717) is 16.9 Å². The maximum atomic E-state index is 10.3. The molecular formula is C6H6ClNO2S2. The molecule has 1 aromatic heterocycles. The van der Waals surface area contributed by atoms with Crippen LogP contribution in [0.1, 0.15) is 9.67 Å². The Morgan fingerprint density at radius 2 is 2.50 bits per heavy atom. The summed E-state index contributed by atoms with van der Waals surface area (Å²) in [5.41, 5.74) is 0. The van der Waals surface area contributed by atoms with Crippen LogP contribution >= 0.6 is 34.7 Å². The quantitative estimate of drug-likeness (QED) is 0.624. The first-order valence-electron chi connectivity index (χ1n) is 3.13. The van der Waals surface area contributed by atoms with Gasteiger partial charge in [-0.1, -0.05) is 23.4 Å². The van der Waals surface area contributed by atoms with E-state index in [4.69, 9.17) is 16.7 Å². The first kappa shape index (κ1) is 9.98. The van der Waals surface area contributed by atoms with Gasteiger partial charge in [0, 0.05) is 5.75 Å². The molecule has 0 saturated carbocycles. The van der Waals surface area contributed by atoms with E-state index in [9.17, 15) is 4.79 Å². The van der Waals surface area contributed by atoms with E-state index >= 15 is 0 Å². The first-order valence-corrected chi connectivity index (χ1v) is 5.31. The summed E-state index contributed by atoms with van der Waals surface area (Å²) in [6.07, 6.45) is 0.684. The number of hydrogen-bond acceptors (Lipinski definition) is 5. The van der Waals surface area contributed by atoms with Gasteiger partial charge in [-0.25, -0.2) is 4.98 Å². The molecular weight excluding hydrogens is 218 g/mol. The number of rotatable bonds is 4. The summed E-state index contributed by atoms with van der Waals surface area (Å²) in [7, 11) is 0. The fourth-order valence-corrected chi connectivity index (χ4v) is 2.59. The van der Waals surface area contributed by atoms with Crippen LogP contribution in [0.5, 0.6) is 0 Å². The maximum Gasteiger partial charge on any atom is 0.163 e. The van der Waals surface area contributed by atoms with Gasteiger partial charge in [0.2, 0.25) is 0 Å². The van der Waals surface area contributed by atoms with Crippen molar-refractivity contribution in [1.29, 1.82) is 0 Å². The third-order valence-corrected chi connectivity index (χ3v) is 3.52. The van der Waals surface area contributed by atoms with Crippen molar-refractivity contribution in [1.82, 2.24) is 4.98 Å². The molecule has 0 unspecified atom stereocenters. The predicted octanol–water partition coefficient (Wildman–Crippen LogP) is 1.69. The van der Waals surface area contributed by atoms with E-state index in [0.717, 1.165) is 4.34 Å². The SMILES string of the molecule is O=Cc1sc(SCCO)nc1Cl. The van der Waals surface area contributed by atoms with Crippen molar-refractivity contribution in [3.05, 3.63) is 10.0 Å². The summed E-state index contributed by atoms with van der Waals surface area (Å²) < 4.78 is 0.719. The molecule has 0 spiro atoms. The van der Waals surface area contributed by atoms with Gasteiger partial charge in [-0.05, 0) is 0 Å². The average molecular weight is 224 g/mol. The molecule has 6 heteroatoms. The molecule has 1 rings (SSSR count). The van der Waals surface area contributed by atoms with Crippen LogP contribution in [-0.2, 0) is 0 Å². The molecule has 66 valence electrons. The lowest BCUT2D eigenvalue weighted by Crippen LogP contribution is -1.83. The number of aliphatic hydroxyl groups is 1. The second-order valence-electron chi connectivity index (χ2n) is 1.82. The smallest absolute Gasteiger partial charge is 0.163 e. The van der Waals surface area contributed by atoms with Crippen molar-refractivity contribution >= 4 is 41.0 Å². The van der Waals surface area contributed by atoms with Gasteiger partial charge < -0.3 is 5.11 Å². The van der Waals surface area contributed by atoms with Crippen molar-refractivity contribution in [2.45, 2.75) is 4.34 Å². The largest absolute Gasteiger partial charge is 0.396 e. The highest BCUT2D eigenvalue weighted by Gasteiger charge is 2.07. The zero-order chi connectivity index (χ0) is 8.97. The van der Waals surface area contributed by atoms with Crippen LogP contribution in [0.25, 0.3) is 0 Å². The van der Waals surface area contributed by atoms with Crippen molar-refractivity contribution in [3.8, 4) is 0 Å². The molecule has 0 aliphatic heterocycles. The molecule has 1 heterocycles. The number of hydrogen-bond donors (Lipinski definition) is 1. The fraction of sp³-hybridized carbons (Fsp3) is 0.333. The van der Waals surface area contributed by atoms with Crippen LogP contribution in [0.3, 0.4) is 0 Å². The fourth-order valence-electron chi connectivity index (χ4n) is 0.562. The topological polar surface area (TPSA) is 50.2 Å². The summed E-state index contributed by atoms with van der Waals surface area (Å²) in [4.78, 5) is 14.7. The molecule has 3 nitrogen and oxygen atoms in total. The number of halogens is 1. The monoisotopic (exact) mass is 223 g/mol. The Hall–Kier alpha value is -0.100. The second kappa shape index (κ2) is 4.81. The summed E-state index contributed by atoms with van der Waals surface area (Å²) in [6, 6.07) is 0. The van der Waals surface area contributed by atoms with Crippen LogP contribution < -0.4 is 0 Å². The van der Waals surface area contributed by atoms with E-state index in [2.05, 4.69) is 4.98 Å². The highest BCUT2D eigenvalue weighted by Crippen LogP contribution is 2.28. The Labute approximate surface area is 82.8 Å². The number of aromatic nitrogens is 1. The maximum absolute atomic E-state index is 10.3.